The number of anilines is 2. The molecule has 1 amide bonds. The van der Waals surface area contributed by atoms with Crippen molar-refractivity contribution in [3.63, 3.8) is 0 Å². The lowest BCUT2D eigenvalue weighted by Crippen LogP contribution is -2.41. The number of hydrogen-bond acceptors (Lipinski definition) is 3. The van der Waals surface area contributed by atoms with Gasteiger partial charge in [-0.25, -0.2) is 0 Å². The summed E-state index contributed by atoms with van der Waals surface area (Å²) in [5, 5.41) is 9.85. The van der Waals surface area contributed by atoms with Gasteiger partial charge in [-0.05, 0) is 73.2 Å². The van der Waals surface area contributed by atoms with Crippen molar-refractivity contribution in [2.24, 2.45) is 0 Å². The second-order valence-electron chi connectivity index (χ2n) is 6.94. The summed E-state index contributed by atoms with van der Waals surface area (Å²) in [7, 11) is 1.73. The number of benzene rings is 2. The van der Waals surface area contributed by atoms with Crippen LogP contribution in [0, 0.1) is 6.92 Å². The summed E-state index contributed by atoms with van der Waals surface area (Å²) in [6, 6.07) is 11.3. The Morgan fingerprint density at radius 2 is 1.81 bits per heavy atom. The summed E-state index contributed by atoms with van der Waals surface area (Å²) in [6.07, 6.45) is 3.29. The molecule has 0 radical (unpaired) electrons. The van der Waals surface area contributed by atoms with Crippen LogP contribution in [0.15, 0.2) is 36.4 Å². The third kappa shape index (κ3) is 4.42. The number of carboxylic acid groups (broad SMARTS) is 1. The molecule has 0 unspecified atom stereocenters. The molecule has 142 valence electrons. The average Bonchev–Trinajstić information content (AvgIpc) is 3.07. The highest BCUT2D eigenvalue weighted by Crippen LogP contribution is 2.27. The third-order valence-electron chi connectivity index (χ3n) is 5.00. The van der Waals surface area contributed by atoms with Crippen molar-refractivity contribution in [1.82, 2.24) is 0 Å². The first-order valence-corrected chi connectivity index (χ1v) is 9.34. The summed E-state index contributed by atoms with van der Waals surface area (Å²) >= 11 is 6.00. The Hall–Kier alpha value is -2.53. The second kappa shape index (κ2) is 8.01. The fourth-order valence-electron chi connectivity index (χ4n) is 3.54. The lowest BCUT2D eigenvalue weighted by Gasteiger charge is -2.27. The van der Waals surface area contributed by atoms with Crippen LogP contribution >= 0.6 is 11.6 Å². The van der Waals surface area contributed by atoms with Gasteiger partial charge >= 0.3 is 5.97 Å². The van der Waals surface area contributed by atoms with Gasteiger partial charge in [-0.3, -0.25) is 9.59 Å². The van der Waals surface area contributed by atoms with E-state index >= 15 is 0 Å². The topological polar surface area (TPSA) is 60.9 Å². The standard InChI is InChI=1S/C21H23ClN2O3/c1-14-10-17(22)7-9-19(14)24(13-21(26)27)12-20(25)23(2)18-8-6-15-4-3-5-16(15)11-18/h6-11H,3-5,12-13H2,1-2H3,(H,26,27). The fourth-order valence-corrected chi connectivity index (χ4v) is 3.77. The van der Waals surface area contributed by atoms with Crippen LogP contribution in [-0.2, 0) is 22.4 Å². The molecule has 2 aromatic rings. The predicted octanol–water partition coefficient (Wildman–Crippen LogP) is 3.69. The van der Waals surface area contributed by atoms with Gasteiger partial charge < -0.3 is 14.9 Å². The van der Waals surface area contributed by atoms with Gasteiger partial charge in [-0.1, -0.05) is 17.7 Å². The molecule has 6 heteroatoms. The Morgan fingerprint density at radius 1 is 1.07 bits per heavy atom. The van der Waals surface area contributed by atoms with Crippen molar-refractivity contribution in [1.29, 1.82) is 0 Å². The number of carbonyl (C=O) groups excluding carboxylic acids is 1. The highest BCUT2D eigenvalue weighted by atomic mass is 35.5. The summed E-state index contributed by atoms with van der Waals surface area (Å²) < 4.78 is 0. The molecular weight excluding hydrogens is 364 g/mol. The summed E-state index contributed by atoms with van der Waals surface area (Å²) in [5.41, 5.74) is 5.00. The summed E-state index contributed by atoms with van der Waals surface area (Å²) in [6.45, 7) is 1.57. The van der Waals surface area contributed by atoms with Crippen molar-refractivity contribution in [3.05, 3.63) is 58.1 Å². The normalized spacial score (nSPS) is 12.6. The van der Waals surface area contributed by atoms with E-state index in [2.05, 4.69) is 12.1 Å². The molecule has 0 fully saturated rings. The van der Waals surface area contributed by atoms with Crippen LogP contribution in [0.25, 0.3) is 0 Å². The minimum Gasteiger partial charge on any atom is -0.480 e. The van der Waals surface area contributed by atoms with E-state index < -0.39 is 5.97 Å². The zero-order valence-corrected chi connectivity index (χ0v) is 16.3. The van der Waals surface area contributed by atoms with E-state index in [9.17, 15) is 14.7 Å². The van der Waals surface area contributed by atoms with E-state index in [0.717, 1.165) is 30.5 Å². The number of carbonyl (C=O) groups is 2. The van der Waals surface area contributed by atoms with Crippen LogP contribution in [0.1, 0.15) is 23.1 Å². The van der Waals surface area contributed by atoms with Crippen molar-refractivity contribution < 1.29 is 14.7 Å². The zero-order chi connectivity index (χ0) is 19.6. The van der Waals surface area contributed by atoms with Crippen LogP contribution in [0.5, 0.6) is 0 Å². The monoisotopic (exact) mass is 386 g/mol. The molecule has 0 aliphatic heterocycles. The van der Waals surface area contributed by atoms with Gasteiger partial charge in [0, 0.05) is 23.4 Å². The smallest absolute Gasteiger partial charge is 0.323 e. The van der Waals surface area contributed by atoms with Crippen LogP contribution < -0.4 is 9.80 Å². The van der Waals surface area contributed by atoms with Crippen molar-refractivity contribution >= 4 is 34.9 Å². The van der Waals surface area contributed by atoms with Crippen molar-refractivity contribution in [2.45, 2.75) is 26.2 Å². The van der Waals surface area contributed by atoms with E-state index in [-0.39, 0.29) is 19.0 Å². The van der Waals surface area contributed by atoms with E-state index in [0.29, 0.717) is 10.7 Å². The Labute approximate surface area is 164 Å². The maximum absolute atomic E-state index is 12.9. The van der Waals surface area contributed by atoms with E-state index in [1.807, 2.05) is 13.0 Å². The minimum absolute atomic E-state index is 0.0254. The molecule has 0 heterocycles. The van der Waals surface area contributed by atoms with Gasteiger partial charge in [0.15, 0.2) is 0 Å². The molecule has 2 aromatic carbocycles. The summed E-state index contributed by atoms with van der Waals surface area (Å²) in [5.74, 6) is -1.15. The predicted molar refractivity (Wildman–Crippen MR) is 108 cm³/mol. The molecule has 0 aromatic heterocycles. The van der Waals surface area contributed by atoms with Crippen molar-refractivity contribution in [3.8, 4) is 0 Å². The number of likely N-dealkylation sites (N-methyl/N-ethyl adjacent to an activating group) is 1. The van der Waals surface area contributed by atoms with E-state index in [1.165, 1.54) is 11.1 Å². The SMILES string of the molecule is Cc1cc(Cl)ccc1N(CC(=O)O)CC(=O)N(C)c1ccc2c(c1)CCC2. The fraction of sp³-hybridized carbons (Fsp3) is 0.333. The second-order valence-corrected chi connectivity index (χ2v) is 7.38. The molecule has 0 spiro atoms. The number of nitrogens with zero attached hydrogens (tertiary/aromatic N) is 2. The minimum atomic E-state index is -0.989. The Morgan fingerprint density at radius 3 is 2.52 bits per heavy atom. The van der Waals surface area contributed by atoms with Gasteiger partial charge in [-0.2, -0.15) is 0 Å². The highest BCUT2D eigenvalue weighted by molar-refractivity contribution is 6.30. The molecule has 5 nitrogen and oxygen atoms in total. The van der Waals surface area contributed by atoms with Crippen LogP contribution in [0.3, 0.4) is 0 Å². The number of amides is 1. The van der Waals surface area contributed by atoms with Crippen molar-refractivity contribution in [2.75, 3.05) is 29.9 Å². The Bertz CT molecular complexity index is 882. The van der Waals surface area contributed by atoms with E-state index in [1.54, 1.807) is 35.0 Å². The lowest BCUT2D eigenvalue weighted by atomic mass is 10.1. The van der Waals surface area contributed by atoms with Gasteiger partial charge in [-0.15, -0.1) is 0 Å². The van der Waals surface area contributed by atoms with E-state index in [4.69, 9.17) is 11.6 Å². The van der Waals surface area contributed by atoms with Gasteiger partial charge in [0.25, 0.3) is 0 Å². The molecule has 3 rings (SSSR count). The largest absolute Gasteiger partial charge is 0.480 e. The highest BCUT2D eigenvalue weighted by Gasteiger charge is 2.21. The molecule has 0 bridgehead atoms. The number of hydrogen-bond donors (Lipinski definition) is 1. The van der Waals surface area contributed by atoms with Gasteiger partial charge in [0.05, 0.1) is 6.54 Å². The molecular formula is C21H23ClN2O3. The lowest BCUT2D eigenvalue weighted by molar-refractivity contribution is -0.135. The molecule has 1 aliphatic rings. The summed E-state index contributed by atoms with van der Waals surface area (Å²) in [4.78, 5) is 27.3. The van der Waals surface area contributed by atoms with Gasteiger partial charge in [0.2, 0.25) is 5.91 Å². The number of aliphatic carboxylic acids is 1. The molecule has 0 saturated carbocycles. The molecule has 1 N–H and O–H groups in total. The third-order valence-corrected chi connectivity index (χ3v) is 5.23. The maximum Gasteiger partial charge on any atom is 0.323 e. The Kier molecular flexibility index (Phi) is 5.71. The molecule has 27 heavy (non-hydrogen) atoms. The van der Waals surface area contributed by atoms with Gasteiger partial charge in [0.1, 0.15) is 6.54 Å². The molecule has 0 atom stereocenters. The number of rotatable bonds is 6. The average molecular weight is 387 g/mol. The first-order valence-electron chi connectivity index (χ1n) is 8.96. The number of carboxylic acids is 1. The molecule has 1 aliphatic carbocycles. The number of halogens is 1. The molecule has 0 saturated heterocycles. The quantitative estimate of drug-likeness (QED) is 0.822. The number of fused-ring (bicyclic) bond motifs is 1. The Balaban J connectivity index is 1.80. The first-order chi connectivity index (χ1) is 12.8. The first kappa shape index (κ1) is 19.2. The zero-order valence-electron chi connectivity index (χ0n) is 15.5. The van der Waals surface area contributed by atoms with Crippen LogP contribution in [0.2, 0.25) is 5.02 Å². The maximum atomic E-state index is 12.9. The van der Waals surface area contributed by atoms with Crippen LogP contribution in [0.4, 0.5) is 11.4 Å². The number of aryl methyl sites for hydroxylation is 3. The van der Waals surface area contributed by atoms with Crippen LogP contribution in [-0.4, -0.2) is 37.1 Å².